The molecule has 0 fully saturated rings. The summed E-state index contributed by atoms with van der Waals surface area (Å²) in [6, 6.07) is 67.6. The third kappa shape index (κ3) is 5.11. The Hall–Kier alpha value is -7.80. The Balaban J connectivity index is 0.941. The van der Waals surface area contributed by atoms with Gasteiger partial charge in [0.1, 0.15) is 0 Å². The molecule has 276 valence electrons. The summed E-state index contributed by atoms with van der Waals surface area (Å²) in [7, 11) is 0. The third-order valence-corrected chi connectivity index (χ3v) is 13.1. The maximum atomic E-state index is 2.31. The van der Waals surface area contributed by atoms with Crippen LogP contribution < -0.4 is 0 Å². The van der Waals surface area contributed by atoms with E-state index in [2.05, 4.69) is 218 Å². The molecular formula is C60H36. The summed E-state index contributed by atoms with van der Waals surface area (Å²) in [6.45, 7) is 0. The lowest BCUT2D eigenvalue weighted by atomic mass is 9.91. The lowest BCUT2D eigenvalue weighted by Crippen LogP contribution is -1.87. The average molecular weight is 757 g/mol. The predicted octanol–water partition coefficient (Wildman–Crippen LogP) is 16.9. The van der Waals surface area contributed by atoms with E-state index < -0.39 is 0 Å². The second-order valence-corrected chi connectivity index (χ2v) is 16.5. The first kappa shape index (κ1) is 33.2. The van der Waals surface area contributed by atoms with Crippen LogP contribution in [0.15, 0.2) is 182 Å². The Morgan fingerprint density at radius 2 is 0.433 bits per heavy atom. The Bertz CT molecular complexity index is 3460. The largest absolute Gasteiger partial charge is 0.0610 e. The van der Waals surface area contributed by atoms with Gasteiger partial charge in [0.2, 0.25) is 0 Å². The molecule has 0 saturated carbocycles. The molecule has 0 bridgehead atoms. The van der Waals surface area contributed by atoms with E-state index >= 15 is 0 Å². The third-order valence-electron chi connectivity index (χ3n) is 13.1. The zero-order chi connectivity index (χ0) is 39.3. The fraction of sp³-hybridized carbons (Fsp3) is 0. The van der Waals surface area contributed by atoms with Crippen LogP contribution in [-0.4, -0.2) is 0 Å². The molecule has 13 aromatic rings. The Kier molecular flexibility index (Phi) is 7.11. The summed E-state index contributed by atoms with van der Waals surface area (Å²) in [5.41, 5.74) is 7.15. The van der Waals surface area contributed by atoms with Crippen molar-refractivity contribution in [3.63, 3.8) is 0 Å². The molecule has 0 heterocycles. The van der Waals surface area contributed by atoms with Crippen molar-refractivity contribution in [3.05, 3.63) is 215 Å². The van der Waals surface area contributed by atoms with Crippen LogP contribution in [0.2, 0.25) is 0 Å². The Morgan fingerprint density at radius 1 is 0.200 bits per heavy atom. The first-order valence-electron chi connectivity index (χ1n) is 20.9. The molecule has 0 N–H and O–H groups in total. The van der Waals surface area contributed by atoms with Gasteiger partial charge in [-0.15, -0.1) is 0 Å². The molecule has 0 unspecified atom stereocenters. The van der Waals surface area contributed by atoms with Crippen molar-refractivity contribution in [2.45, 2.75) is 0 Å². The van der Waals surface area contributed by atoms with Crippen LogP contribution in [0, 0.1) is 0 Å². The van der Waals surface area contributed by atoms with Crippen LogP contribution in [0.3, 0.4) is 0 Å². The molecule has 13 rings (SSSR count). The van der Waals surface area contributed by atoms with E-state index in [1.807, 2.05) is 0 Å². The minimum atomic E-state index is 1.16. The van der Waals surface area contributed by atoms with Crippen molar-refractivity contribution in [2.24, 2.45) is 0 Å². The number of hydrogen-bond acceptors (Lipinski definition) is 0. The molecule has 0 aromatic heterocycles. The summed E-state index contributed by atoms with van der Waals surface area (Å²) in [6.07, 6.45) is 13.7. The highest BCUT2D eigenvalue weighted by molar-refractivity contribution is 6.26. The molecule has 0 aliphatic heterocycles. The maximum Gasteiger partial charge on any atom is -0.00208 e. The number of rotatable bonds is 6. The van der Waals surface area contributed by atoms with E-state index in [1.54, 1.807) is 0 Å². The van der Waals surface area contributed by atoms with Gasteiger partial charge in [-0.05, 0) is 149 Å². The van der Waals surface area contributed by atoms with Crippen LogP contribution in [0.1, 0.15) is 33.4 Å². The molecule has 0 atom stereocenters. The van der Waals surface area contributed by atoms with E-state index in [1.165, 1.54) is 114 Å². The van der Waals surface area contributed by atoms with Gasteiger partial charge in [-0.2, -0.15) is 0 Å². The van der Waals surface area contributed by atoms with Gasteiger partial charge in [0.05, 0.1) is 0 Å². The number of hydrogen-bond donors (Lipinski definition) is 0. The highest BCUT2D eigenvalue weighted by Crippen LogP contribution is 2.39. The molecule has 0 heteroatoms. The SMILES string of the molecule is C(=C\c1ccc2ccc3cccc4ccc1c2c34)/c1cc(/C=C/c2ccc3ccc4cccc5ccc2c3c45)cc(/C=C/c2ccc3ccc4cccc5ccc2c3c45)c1. The molecule has 13 aromatic carbocycles. The van der Waals surface area contributed by atoms with Gasteiger partial charge in [-0.3, -0.25) is 0 Å². The summed E-state index contributed by atoms with van der Waals surface area (Å²) in [5.74, 6) is 0. The van der Waals surface area contributed by atoms with E-state index in [4.69, 9.17) is 0 Å². The van der Waals surface area contributed by atoms with E-state index in [0.717, 1.165) is 16.7 Å². The molecular weight excluding hydrogens is 721 g/mol. The predicted molar refractivity (Wildman–Crippen MR) is 264 cm³/mol. The summed E-state index contributed by atoms with van der Waals surface area (Å²) < 4.78 is 0. The molecule has 0 radical (unpaired) electrons. The minimum absolute atomic E-state index is 1.16. The fourth-order valence-electron chi connectivity index (χ4n) is 10.3. The van der Waals surface area contributed by atoms with Crippen LogP contribution in [0.5, 0.6) is 0 Å². The molecule has 0 nitrogen and oxygen atoms in total. The fourth-order valence-corrected chi connectivity index (χ4v) is 10.3. The highest BCUT2D eigenvalue weighted by atomic mass is 14.2. The maximum absolute atomic E-state index is 2.31. The van der Waals surface area contributed by atoms with E-state index in [0.29, 0.717) is 0 Å². The van der Waals surface area contributed by atoms with Gasteiger partial charge in [-0.1, -0.05) is 200 Å². The zero-order valence-corrected chi connectivity index (χ0v) is 32.8. The summed E-state index contributed by atoms with van der Waals surface area (Å²) >= 11 is 0. The van der Waals surface area contributed by atoms with Crippen LogP contribution >= 0.6 is 0 Å². The molecule has 60 heavy (non-hydrogen) atoms. The quantitative estimate of drug-likeness (QED) is 0.117. The smallest absolute Gasteiger partial charge is 0.00208 e. The van der Waals surface area contributed by atoms with Crippen LogP contribution in [-0.2, 0) is 0 Å². The monoisotopic (exact) mass is 756 g/mol. The molecule has 0 amide bonds. The van der Waals surface area contributed by atoms with E-state index in [-0.39, 0.29) is 0 Å². The van der Waals surface area contributed by atoms with Crippen molar-refractivity contribution in [1.29, 1.82) is 0 Å². The van der Waals surface area contributed by atoms with Crippen LogP contribution in [0.4, 0.5) is 0 Å². The lowest BCUT2D eigenvalue weighted by Gasteiger charge is -2.13. The van der Waals surface area contributed by atoms with Gasteiger partial charge in [0, 0.05) is 0 Å². The van der Waals surface area contributed by atoms with Crippen molar-refractivity contribution in [1.82, 2.24) is 0 Å². The first-order valence-corrected chi connectivity index (χ1v) is 20.9. The second kappa shape index (κ2) is 12.9. The first-order chi connectivity index (χ1) is 29.7. The Labute approximate surface area is 347 Å². The molecule has 0 spiro atoms. The molecule has 0 aliphatic carbocycles. The van der Waals surface area contributed by atoms with Gasteiger partial charge >= 0.3 is 0 Å². The average Bonchev–Trinajstić information content (AvgIpc) is 3.30. The van der Waals surface area contributed by atoms with Crippen molar-refractivity contribution >= 4 is 133 Å². The van der Waals surface area contributed by atoms with Crippen molar-refractivity contribution < 1.29 is 0 Å². The van der Waals surface area contributed by atoms with E-state index in [9.17, 15) is 0 Å². The van der Waals surface area contributed by atoms with Gasteiger partial charge < -0.3 is 0 Å². The van der Waals surface area contributed by atoms with Crippen LogP contribution in [0.25, 0.3) is 133 Å². The van der Waals surface area contributed by atoms with Crippen molar-refractivity contribution in [2.75, 3.05) is 0 Å². The standard InChI is InChI=1S/C60H36/c1-4-43-22-25-49-19-16-40(52-31-28-46(7-1)55(43)58(49)52)13-10-37-34-38(11-14-41-17-20-50-26-23-44-5-2-8-47-29-32-53(41)59(50)56(44)47)36-39(35-37)12-15-42-18-21-51-27-24-45-6-3-9-48-30-33-54(42)60(51)57(45)48/h1-36H/b13-10+,14-11+,15-12+. The minimum Gasteiger partial charge on any atom is -0.0610 e. The Morgan fingerprint density at radius 3 is 0.717 bits per heavy atom. The zero-order valence-electron chi connectivity index (χ0n) is 32.8. The topological polar surface area (TPSA) is 0 Å². The normalized spacial score (nSPS) is 12.8. The second-order valence-electron chi connectivity index (χ2n) is 16.5. The van der Waals surface area contributed by atoms with Gasteiger partial charge in [0.25, 0.3) is 0 Å². The highest BCUT2D eigenvalue weighted by Gasteiger charge is 2.13. The summed E-state index contributed by atoms with van der Waals surface area (Å²) in [5, 5.41) is 23.5. The lowest BCUT2D eigenvalue weighted by molar-refractivity contribution is 1.59. The van der Waals surface area contributed by atoms with Crippen molar-refractivity contribution in [3.8, 4) is 0 Å². The molecule has 0 aliphatic rings. The molecule has 0 saturated heterocycles. The van der Waals surface area contributed by atoms with Gasteiger partial charge in [0.15, 0.2) is 0 Å². The number of benzene rings is 13. The summed E-state index contributed by atoms with van der Waals surface area (Å²) in [4.78, 5) is 0. The van der Waals surface area contributed by atoms with Gasteiger partial charge in [-0.25, -0.2) is 0 Å².